The first-order valence-corrected chi connectivity index (χ1v) is 10.8. The van der Waals surface area contributed by atoms with E-state index in [0.717, 1.165) is 29.2 Å². The molecule has 7 nitrogen and oxygen atoms in total. The highest BCUT2D eigenvalue weighted by molar-refractivity contribution is 5.93. The van der Waals surface area contributed by atoms with E-state index in [4.69, 9.17) is 14.2 Å². The lowest BCUT2D eigenvalue weighted by molar-refractivity contribution is 0.122. The lowest BCUT2D eigenvalue weighted by Gasteiger charge is -2.29. The molecule has 0 aromatic heterocycles. The number of benzene rings is 2. The summed E-state index contributed by atoms with van der Waals surface area (Å²) in [5, 5.41) is 6.51. The molecule has 2 aromatic carbocycles. The predicted octanol–water partition coefficient (Wildman–Crippen LogP) is 3.40. The van der Waals surface area contributed by atoms with Gasteiger partial charge in [-0.1, -0.05) is 6.07 Å². The number of hydrogen-bond donors (Lipinski definition) is 2. The second-order valence-corrected chi connectivity index (χ2v) is 7.42. The molecule has 2 N–H and O–H groups in total. The molecule has 1 fully saturated rings. The SMILES string of the molecule is CCNC(=NCc1ccc(N2CCOCC2)c(F)c1)Nc1ccc2c(c1)OCCCO2. The molecule has 4 rings (SSSR count). The van der Waals surface area contributed by atoms with E-state index in [-0.39, 0.29) is 5.82 Å². The molecule has 0 bridgehead atoms. The Hall–Kier alpha value is -3.00. The summed E-state index contributed by atoms with van der Waals surface area (Å²) in [5.74, 6) is 1.87. The molecular weight excluding hydrogens is 399 g/mol. The van der Waals surface area contributed by atoms with Gasteiger partial charge in [-0.2, -0.15) is 0 Å². The van der Waals surface area contributed by atoms with Gasteiger partial charge in [0, 0.05) is 37.8 Å². The van der Waals surface area contributed by atoms with Crippen LogP contribution in [0.4, 0.5) is 15.8 Å². The summed E-state index contributed by atoms with van der Waals surface area (Å²) in [5.41, 5.74) is 2.27. The Morgan fingerprint density at radius 3 is 2.61 bits per heavy atom. The van der Waals surface area contributed by atoms with Crippen molar-refractivity contribution >= 4 is 17.3 Å². The predicted molar refractivity (Wildman–Crippen MR) is 120 cm³/mol. The fourth-order valence-corrected chi connectivity index (χ4v) is 3.56. The van der Waals surface area contributed by atoms with Crippen molar-refractivity contribution in [2.24, 2.45) is 4.99 Å². The molecule has 0 unspecified atom stereocenters. The second kappa shape index (κ2) is 10.3. The summed E-state index contributed by atoms with van der Waals surface area (Å²) in [6.07, 6.45) is 0.864. The number of nitrogens with one attached hydrogen (secondary N) is 2. The zero-order valence-electron chi connectivity index (χ0n) is 17.8. The number of rotatable bonds is 5. The molecule has 0 saturated carbocycles. The van der Waals surface area contributed by atoms with E-state index in [1.807, 2.05) is 42.2 Å². The molecule has 1 saturated heterocycles. The van der Waals surface area contributed by atoms with Gasteiger partial charge in [0.05, 0.1) is 38.7 Å². The van der Waals surface area contributed by atoms with E-state index in [2.05, 4.69) is 15.6 Å². The van der Waals surface area contributed by atoms with Gasteiger partial charge in [0.1, 0.15) is 5.82 Å². The van der Waals surface area contributed by atoms with E-state index in [9.17, 15) is 4.39 Å². The average Bonchev–Trinajstić information content (AvgIpc) is 3.03. The number of ether oxygens (including phenoxy) is 3. The van der Waals surface area contributed by atoms with E-state index in [1.165, 1.54) is 0 Å². The lowest BCUT2D eigenvalue weighted by Crippen LogP contribution is -2.36. The Kier molecular flexibility index (Phi) is 7.09. The smallest absolute Gasteiger partial charge is 0.196 e. The number of nitrogens with zero attached hydrogens (tertiary/aromatic N) is 2. The van der Waals surface area contributed by atoms with Gasteiger partial charge in [-0.15, -0.1) is 0 Å². The molecule has 0 aliphatic carbocycles. The maximum atomic E-state index is 14.7. The van der Waals surface area contributed by atoms with Gasteiger partial charge in [0.25, 0.3) is 0 Å². The summed E-state index contributed by atoms with van der Waals surface area (Å²) in [6.45, 7) is 7.03. The summed E-state index contributed by atoms with van der Waals surface area (Å²) in [6, 6.07) is 11.0. The molecule has 0 amide bonds. The highest BCUT2D eigenvalue weighted by atomic mass is 19.1. The third-order valence-electron chi connectivity index (χ3n) is 5.14. The van der Waals surface area contributed by atoms with Crippen LogP contribution in [0.5, 0.6) is 11.5 Å². The standard InChI is InChI=1S/C23H29FN4O3/c1-2-25-23(27-18-5-7-21-22(15-18)31-11-3-10-30-21)26-16-17-4-6-20(19(24)14-17)28-8-12-29-13-9-28/h4-7,14-15H,2-3,8-13,16H2,1H3,(H2,25,26,27). The molecule has 31 heavy (non-hydrogen) atoms. The van der Waals surface area contributed by atoms with Crippen LogP contribution in [0.3, 0.4) is 0 Å². The van der Waals surface area contributed by atoms with Crippen LogP contribution < -0.4 is 25.0 Å². The van der Waals surface area contributed by atoms with Crippen LogP contribution in [0.15, 0.2) is 41.4 Å². The minimum atomic E-state index is -0.226. The highest BCUT2D eigenvalue weighted by Gasteiger charge is 2.15. The van der Waals surface area contributed by atoms with Crippen LogP contribution in [-0.4, -0.2) is 52.0 Å². The maximum Gasteiger partial charge on any atom is 0.196 e. The van der Waals surface area contributed by atoms with Crippen molar-refractivity contribution in [3.8, 4) is 11.5 Å². The Labute approximate surface area is 182 Å². The van der Waals surface area contributed by atoms with Gasteiger partial charge in [0.15, 0.2) is 17.5 Å². The fraction of sp³-hybridized carbons (Fsp3) is 0.435. The van der Waals surface area contributed by atoms with Crippen molar-refractivity contribution < 1.29 is 18.6 Å². The zero-order valence-corrected chi connectivity index (χ0v) is 17.8. The van der Waals surface area contributed by atoms with E-state index >= 15 is 0 Å². The third-order valence-corrected chi connectivity index (χ3v) is 5.14. The number of aliphatic imine (C=N–C) groups is 1. The van der Waals surface area contributed by atoms with Crippen molar-refractivity contribution in [3.63, 3.8) is 0 Å². The second-order valence-electron chi connectivity index (χ2n) is 7.42. The van der Waals surface area contributed by atoms with Crippen molar-refractivity contribution in [1.29, 1.82) is 0 Å². The summed E-state index contributed by atoms with van der Waals surface area (Å²) < 4.78 is 31.4. The Morgan fingerprint density at radius 2 is 1.84 bits per heavy atom. The molecule has 2 aliphatic rings. The first-order valence-electron chi connectivity index (χ1n) is 10.8. The topological polar surface area (TPSA) is 67.4 Å². The Bertz CT molecular complexity index is 916. The summed E-state index contributed by atoms with van der Waals surface area (Å²) in [7, 11) is 0. The number of morpholine rings is 1. The monoisotopic (exact) mass is 428 g/mol. The van der Waals surface area contributed by atoms with Gasteiger partial charge in [-0.05, 0) is 36.8 Å². The lowest BCUT2D eigenvalue weighted by atomic mass is 10.1. The minimum absolute atomic E-state index is 0.226. The van der Waals surface area contributed by atoms with Crippen molar-refractivity contribution in [1.82, 2.24) is 5.32 Å². The number of anilines is 2. The Morgan fingerprint density at radius 1 is 1.03 bits per heavy atom. The number of hydrogen-bond acceptors (Lipinski definition) is 5. The third kappa shape index (κ3) is 5.58. The van der Waals surface area contributed by atoms with E-state index in [1.54, 1.807) is 6.07 Å². The Balaban J connectivity index is 1.44. The van der Waals surface area contributed by atoms with E-state index in [0.29, 0.717) is 64.3 Å². The van der Waals surface area contributed by atoms with Gasteiger partial charge < -0.3 is 29.7 Å². The molecule has 0 atom stereocenters. The molecule has 2 aliphatic heterocycles. The summed E-state index contributed by atoms with van der Waals surface area (Å²) in [4.78, 5) is 6.63. The highest BCUT2D eigenvalue weighted by Crippen LogP contribution is 2.32. The van der Waals surface area contributed by atoms with Crippen LogP contribution in [0, 0.1) is 5.82 Å². The van der Waals surface area contributed by atoms with Crippen molar-refractivity contribution in [2.45, 2.75) is 19.9 Å². The molecule has 2 aromatic rings. The van der Waals surface area contributed by atoms with Crippen LogP contribution in [0.1, 0.15) is 18.9 Å². The molecule has 8 heteroatoms. The zero-order chi connectivity index (χ0) is 21.5. The molecule has 166 valence electrons. The molecule has 0 radical (unpaired) electrons. The average molecular weight is 429 g/mol. The first kappa shape index (κ1) is 21.2. The van der Waals surface area contributed by atoms with Crippen LogP contribution in [-0.2, 0) is 11.3 Å². The van der Waals surface area contributed by atoms with Gasteiger partial charge in [0.2, 0.25) is 0 Å². The van der Waals surface area contributed by atoms with Crippen LogP contribution in [0.2, 0.25) is 0 Å². The van der Waals surface area contributed by atoms with Gasteiger partial charge in [-0.3, -0.25) is 0 Å². The fourth-order valence-electron chi connectivity index (χ4n) is 3.56. The largest absolute Gasteiger partial charge is 0.490 e. The van der Waals surface area contributed by atoms with Crippen molar-refractivity contribution in [2.75, 3.05) is 56.3 Å². The number of guanidine groups is 1. The van der Waals surface area contributed by atoms with Crippen LogP contribution in [0.25, 0.3) is 0 Å². The van der Waals surface area contributed by atoms with Gasteiger partial charge in [-0.25, -0.2) is 9.38 Å². The molecule has 0 spiro atoms. The van der Waals surface area contributed by atoms with Crippen molar-refractivity contribution in [3.05, 3.63) is 47.8 Å². The molecule has 2 heterocycles. The van der Waals surface area contributed by atoms with Crippen LogP contribution >= 0.6 is 0 Å². The minimum Gasteiger partial charge on any atom is -0.490 e. The first-order chi connectivity index (χ1) is 15.2. The number of fused-ring (bicyclic) bond motifs is 1. The van der Waals surface area contributed by atoms with E-state index < -0.39 is 0 Å². The molecular formula is C23H29FN4O3. The maximum absolute atomic E-state index is 14.7. The quantitative estimate of drug-likeness (QED) is 0.562. The summed E-state index contributed by atoms with van der Waals surface area (Å²) >= 11 is 0. The van der Waals surface area contributed by atoms with Gasteiger partial charge >= 0.3 is 0 Å². The normalized spacial score (nSPS) is 16.6. The number of halogens is 1.